The number of anilines is 1. The molecule has 1 atom stereocenters. The zero-order chi connectivity index (χ0) is 17.9. The molecule has 1 saturated heterocycles. The van der Waals surface area contributed by atoms with Crippen LogP contribution in [0, 0.1) is 0 Å². The fraction of sp³-hybridized carbons (Fsp3) is 0.300. The molecule has 0 saturated carbocycles. The Morgan fingerprint density at radius 1 is 1.12 bits per heavy atom. The molecule has 1 aliphatic heterocycles. The topological polar surface area (TPSA) is 58.6 Å². The van der Waals surface area contributed by atoms with Crippen molar-refractivity contribution >= 4 is 17.5 Å². The quantitative estimate of drug-likeness (QED) is 0.901. The van der Waals surface area contributed by atoms with Crippen molar-refractivity contribution in [3.63, 3.8) is 0 Å². The lowest BCUT2D eigenvalue weighted by Gasteiger charge is -2.49. The van der Waals surface area contributed by atoms with Gasteiger partial charge in [-0.3, -0.25) is 9.59 Å². The Hall–Kier alpha value is -2.82. The van der Waals surface area contributed by atoms with Crippen molar-refractivity contribution in [2.75, 3.05) is 11.9 Å². The molecule has 1 unspecified atom stereocenters. The fourth-order valence-electron chi connectivity index (χ4n) is 2.91. The van der Waals surface area contributed by atoms with E-state index in [9.17, 15) is 9.59 Å². The maximum absolute atomic E-state index is 12.7. The summed E-state index contributed by atoms with van der Waals surface area (Å²) < 4.78 is 5.79. The van der Waals surface area contributed by atoms with Crippen LogP contribution < -0.4 is 10.1 Å². The fourth-order valence-corrected chi connectivity index (χ4v) is 2.91. The molecule has 0 aliphatic carbocycles. The van der Waals surface area contributed by atoms with Gasteiger partial charge in [0.2, 0.25) is 11.8 Å². The van der Waals surface area contributed by atoms with Gasteiger partial charge in [0.25, 0.3) is 0 Å². The second kappa shape index (κ2) is 6.97. The largest absolute Gasteiger partial charge is 0.457 e. The molecular formula is C20H22N2O3. The second-order valence-electron chi connectivity index (χ2n) is 6.32. The highest BCUT2D eigenvalue weighted by Crippen LogP contribution is 2.33. The van der Waals surface area contributed by atoms with Crippen molar-refractivity contribution in [3.8, 4) is 11.5 Å². The summed E-state index contributed by atoms with van der Waals surface area (Å²) in [6, 6.07) is 16.7. The van der Waals surface area contributed by atoms with Crippen LogP contribution in [0.1, 0.15) is 26.7 Å². The third-order valence-electron chi connectivity index (χ3n) is 4.58. The molecule has 5 heteroatoms. The van der Waals surface area contributed by atoms with Crippen LogP contribution in [0.2, 0.25) is 0 Å². The van der Waals surface area contributed by atoms with Gasteiger partial charge in [-0.05, 0) is 37.6 Å². The van der Waals surface area contributed by atoms with Crippen LogP contribution in [-0.2, 0) is 9.59 Å². The Balaban J connectivity index is 1.70. The number of rotatable bonds is 5. The smallest absolute Gasteiger partial charge is 0.250 e. The minimum Gasteiger partial charge on any atom is -0.457 e. The average molecular weight is 338 g/mol. The van der Waals surface area contributed by atoms with E-state index in [1.165, 1.54) is 0 Å². The van der Waals surface area contributed by atoms with Gasteiger partial charge in [-0.2, -0.15) is 0 Å². The molecule has 0 aromatic heterocycles. The van der Waals surface area contributed by atoms with E-state index in [0.29, 0.717) is 30.8 Å². The Bertz CT molecular complexity index is 776. The minimum atomic E-state index is -0.774. The van der Waals surface area contributed by atoms with Crippen LogP contribution in [0.25, 0.3) is 0 Å². The molecule has 1 fully saturated rings. The zero-order valence-corrected chi connectivity index (χ0v) is 14.5. The molecule has 2 aromatic rings. The molecule has 0 spiro atoms. The number of carbonyl (C=O) groups is 2. The number of hydrogen-bond acceptors (Lipinski definition) is 3. The number of carbonyl (C=O) groups excluding carboxylic acids is 2. The molecule has 0 bridgehead atoms. The third-order valence-corrected chi connectivity index (χ3v) is 4.58. The summed E-state index contributed by atoms with van der Waals surface area (Å²) >= 11 is 0. The molecular weight excluding hydrogens is 316 g/mol. The van der Waals surface area contributed by atoms with Crippen LogP contribution in [0.15, 0.2) is 54.6 Å². The molecule has 2 aromatic carbocycles. The van der Waals surface area contributed by atoms with Crippen molar-refractivity contribution in [3.05, 3.63) is 54.6 Å². The van der Waals surface area contributed by atoms with Gasteiger partial charge in [0, 0.05) is 24.7 Å². The van der Waals surface area contributed by atoms with Gasteiger partial charge in [0.05, 0.1) is 0 Å². The zero-order valence-electron chi connectivity index (χ0n) is 14.5. The van der Waals surface area contributed by atoms with E-state index in [1.807, 2.05) is 62.4 Å². The van der Waals surface area contributed by atoms with Crippen molar-refractivity contribution in [1.82, 2.24) is 4.90 Å². The van der Waals surface area contributed by atoms with E-state index in [-0.39, 0.29) is 11.8 Å². The summed E-state index contributed by atoms with van der Waals surface area (Å²) in [6.45, 7) is 4.25. The van der Waals surface area contributed by atoms with Gasteiger partial charge < -0.3 is 15.0 Å². The molecule has 2 amide bonds. The normalized spacial score (nSPS) is 19.0. The molecule has 25 heavy (non-hydrogen) atoms. The maximum Gasteiger partial charge on any atom is 0.250 e. The third kappa shape index (κ3) is 3.50. The van der Waals surface area contributed by atoms with Crippen molar-refractivity contribution in [2.45, 2.75) is 32.2 Å². The predicted octanol–water partition coefficient (Wildman–Crippen LogP) is 3.82. The molecule has 5 nitrogen and oxygen atoms in total. The van der Waals surface area contributed by atoms with Gasteiger partial charge in [0.15, 0.2) is 0 Å². The molecule has 130 valence electrons. The first-order chi connectivity index (χ1) is 12.0. The number of hydrogen-bond donors (Lipinski definition) is 1. The minimum absolute atomic E-state index is 0.00469. The summed E-state index contributed by atoms with van der Waals surface area (Å²) in [5, 5.41) is 2.91. The van der Waals surface area contributed by atoms with Gasteiger partial charge in [-0.1, -0.05) is 31.2 Å². The van der Waals surface area contributed by atoms with Gasteiger partial charge >= 0.3 is 0 Å². The first-order valence-corrected chi connectivity index (χ1v) is 8.48. The first-order valence-electron chi connectivity index (χ1n) is 8.48. The molecule has 3 rings (SSSR count). The average Bonchev–Trinajstić information content (AvgIpc) is 2.61. The highest BCUT2D eigenvalue weighted by atomic mass is 16.5. The maximum atomic E-state index is 12.7. The van der Waals surface area contributed by atoms with Gasteiger partial charge in [0.1, 0.15) is 17.0 Å². The monoisotopic (exact) mass is 338 g/mol. The Labute approximate surface area is 147 Å². The number of benzene rings is 2. The van der Waals surface area contributed by atoms with Crippen LogP contribution in [0.3, 0.4) is 0 Å². The summed E-state index contributed by atoms with van der Waals surface area (Å²) in [5.41, 5.74) is -0.126. The standard InChI is InChI=1S/C20H22N2O3/c1-3-18(23)22-13-12-20(22,2)19(24)21-15-8-7-11-17(14-15)25-16-9-5-4-6-10-16/h4-11,14H,3,12-13H2,1-2H3,(H,21,24). The molecule has 0 radical (unpaired) electrons. The van der Waals surface area contributed by atoms with E-state index in [2.05, 4.69) is 5.32 Å². The van der Waals surface area contributed by atoms with Crippen molar-refractivity contribution in [2.24, 2.45) is 0 Å². The lowest BCUT2D eigenvalue weighted by molar-refractivity contribution is -0.154. The lowest BCUT2D eigenvalue weighted by atomic mass is 9.85. The molecule has 1 heterocycles. The van der Waals surface area contributed by atoms with E-state index in [1.54, 1.807) is 11.0 Å². The number of nitrogens with one attached hydrogen (secondary N) is 1. The number of nitrogens with zero attached hydrogens (tertiary/aromatic N) is 1. The van der Waals surface area contributed by atoms with Crippen molar-refractivity contribution in [1.29, 1.82) is 0 Å². The highest BCUT2D eigenvalue weighted by Gasteiger charge is 2.48. The van der Waals surface area contributed by atoms with E-state index < -0.39 is 5.54 Å². The van der Waals surface area contributed by atoms with Crippen LogP contribution in [0.4, 0.5) is 5.69 Å². The number of para-hydroxylation sites is 1. The van der Waals surface area contributed by atoms with Crippen LogP contribution in [-0.4, -0.2) is 28.8 Å². The molecule has 1 N–H and O–H groups in total. The Morgan fingerprint density at radius 3 is 2.48 bits per heavy atom. The highest BCUT2D eigenvalue weighted by molar-refractivity contribution is 6.01. The summed E-state index contributed by atoms with van der Waals surface area (Å²) in [4.78, 5) is 26.3. The lowest BCUT2D eigenvalue weighted by Crippen LogP contribution is -2.66. The summed E-state index contributed by atoms with van der Waals surface area (Å²) in [6.07, 6.45) is 1.08. The first kappa shape index (κ1) is 17.0. The Kier molecular flexibility index (Phi) is 4.74. The van der Waals surface area contributed by atoms with Crippen molar-refractivity contribution < 1.29 is 14.3 Å². The van der Waals surface area contributed by atoms with Gasteiger partial charge in [-0.15, -0.1) is 0 Å². The Morgan fingerprint density at radius 2 is 1.84 bits per heavy atom. The van der Waals surface area contributed by atoms with E-state index in [4.69, 9.17) is 4.74 Å². The second-order valence-corrected chi connectivity index (χ2v) is 6.32. The number of ether oxygens (including phenoxy) is 1. The number of amides is 2. The number of likely N-dealkylation sites (tertiary alicyclic amines) is 1. The van der Waals surface area contributed by atoms with Crippen LogP contribution >= 0.6 is 0 Å². The summed E-state index contributed by atoms with van der Waals surface area (Å²) in [5.74, 6) is 1.21. The predicted molar refractivity (Wildman–Crippen MR) is 96.6 cm³/mol. The van der Waals surface area contributed by atoms with E-state index >= 15 is 0 Å². The van der Waals surface area contributed by atoms with E-state index in [0.717, 1.165) is 5.75 Å². The SMILES string of the molecule is CCC(=O)N1CCC1(C)C(=O)Nc1cccc(Oc2ccccc2)c1. The summed E-state index contributed by atoms with van der Waals surface area (Å²) in [7, 11) is 0. The molecule has 1 aliphatic rings. The van der Waals surface area contributed by atoms with Crippen LogP contribution in [0.5, 0.6) is 11.5 Å². The van der Waals surface area contributed by atoms with Gasteiger partial charge in [-0.25, -0.2) is 0 Å².